The van der Waals surface area contributed by atoms with Crippen molar-refractivity contribution in [1.82, 2.24) is 33.6 Å². The van der Waals surface area contributed by atoms with E-state index in [1.165, 1.54) is 4.57 Å². The molecule has 1 amide bonds. The highest BCUT2D eigenvalue weighted by Gasteiger charge is 2.33. The average Bonchev–Trinajstić information content (AvgIpc) is 3.88. The Morgan fingerprint density at radius 3 is 2.30 bits per heavy atom. The van der Waals surface area contributed by atoms with E-state index in [1.807, 2.05) is 80.0 Å². The zero-order valence-electron chi connectivity index (χ0n) is 25.3. The molecule has 236 valence electrons. The summed E-state index contributed by atoms with van der Waals surface area (Å²) in [7, 11) is 0. The Balaban J connectivity index is 1.28. The van der Waals surface area contributed by atoms with Crippen LogP contribution in [0.5, 0.6) is 0 Å². The summed E-state index contributed by atoms with van der Waals surface area (Å²) in [6.45, 7) is 2.65. The number of ketones is 1. The molecule has 0 spiro atoms. The lowest BCUT2D eigenvalue weighted by atomic mass is 9.92. The summed E-state index contributed by atoms with van der Waals surface area (Å²) < 4.78 is 7.30. The first-order valence-corrected chi connectivity index (χ1v) is 16.3. The molecule has 3 aromatic heterocycles. The number of para-hydroxylation sites is 1. The Morgan fingerprint density at radius 1 is 0.894 bits per heavy atom. The van der Waals surface area contributed by atoms with Crippen LogP contribution in [0.25, 0.3) is 17.1 Å². The maximum absolute atomic E-state index is 14.5. The van der Waals surface area contributed by atoms with Gasteiger partial charge in [-0.2, -0.15) is 10.2 Å². The van der Waals surface area contributed by atoms with Crippen molar-refractivity contribution in [2.45, 2.75) is 32.4 Å². The maximum Gasteiger partial charge on any atom is 0.333 e. The van der Waals surface area contributed by atoms with Gasteiger partial charge in [-0.25, -0.2) is 14.2 Å². The molecule has 0 bridgehead atoms. The van der Waals surface area contributed by atoms with Crippen LogP contribution in [-0.4, -0.2) is 51.8 Å². The largest absolute Gasteiger partial charge is 0.333 e. The average molecular weight is 711 g/mol. The van der Waals surface area contributed by atoms with Crippen LogP contribution >= 0.6 is 27.5 Å². The number of aromatic nitrogens is 6. The summed E-state index contributed by atoms with van der Waals surface area (Å²) in [4.78, 5) is 43.8. The van der Waals surface area contributed by atoms with Crippen LogP contribution in [0.1, 0.15) is 51.4 Å². The molecule has 1 aliphatic heterocycles. The molecule has 10 nitrogen and oxygen atoms in total. The number of halogens is 2. The van der Waals surface area contributed by atoms with Gasteiger partial charge in [-0.05, 0) is 88.1 Å². The molecular formula is C35H29BrClN7O3. The fraction of sp³-hybridized carbons (Fsp3) is 0.171. The molecule has 47 heavy (non-hydrogen) atoms. The summed E-state index contributed by atoms with van der Waals surface area (Å²) in [5.41, 5.74) is 4.10. The van der Waals surface area contributed by atoms with Crippen LogP contribution < -0.4 is 5.69 Å². The molecule has 0 saturated carbocycles. The molecule has 0 saturated heterocycles. The minimum atomic E-state index is -0.321. The lowest BCUT2D eigenvalue weighted by Crippen LogP contribution is -2.41. The zero-order chi connectivity index (χ0) is 32.7. The highest BCUT2D eigenvalue weighted by Crippen LogP contribution is 2.30. The molecular weight excluding hydrogens is 682 g/mol. The SMILES string of the molecule is C[C@H](CC(=O)c1c2n(c(=O)n1-c1ccc(-n3cccn3)cc1)CCN(C(=O)c1ccc(Br)c(Cl)c1)C2)c1ccccc1-n1cccn1. The van der Waals surface area contributed by atoms with E-state index in [-0.39, 0.29) is 48.5 Å². The van der Waals surface area contributed by atoms with Crippen molar-refractivity contribution in [3.63, 3.8) is 0 Å². The number of carbonyl (C=O) groups excluding carboxylic acids is 2. The topological polar surface area (TPSA) is 100.0 Å². The molecule has 0 aliphatic carbocycles. The summed E-state index contributed by atoms with van der Waals surface area (Å²) in [5, 5.41) is 9.11. The van der Waals surface area contributed by atoms with Gasteiger partial charge in [0.1, 0.15) is 5.69 Å². The number of amides is 1. The fourth-order valence-corrected chi connectivity index (χ4v) is 6.58. The molecule has 4 heterocycles. The number of rotatable bonds is 8. The van der Waals surface area contributed by atoms with Crippen LogP contribution in [0, 0.1) is 0 Å². The lowest BCUT2D eigenvalue weighted by Gasteiger charge is -2.28. The van der Waals surface area contributed by atoms with Gasteiger partial charge in [-0.1, -0.05) is 36.7 Å². The number of nitrogens with zero attached hydrogens (tertiary/aromatic N) is 7. The number of benzene rings is 3. The van der Waals surface area contributed by atoms with Crippen molar-refractivity contribution in [3.8, 4) is 17.1 Å². The van der Waals surface area contributed by atoms with Gasteiger partial charge in [0.15, 0.2) is 5.78 Å². The van der Waals surface area contributed by atoms with Crippen molar-refractivity contribution in [2.75, 3.05) is 6.54 Å². The van der Waals surface area contributed by atoms with Gasteiger partial charge in [0, 0.05) is 54.3 Å². The third kappa shape index (κ3) is 5.77. The molecule has 0 unspecified atom stereocenters. The monoisotopic (exact) mass is 709 g/mol. The minimum absolute atomic E-state index is 0.0967. The van der Waals surface area contributed by atoms with Gasteiger partial charge in [0.25, 0.3) is 5.91 Å². The number of imidazole rings is 1. The Morgan fingerprint density at radius 2 is 1.60 bits per heavy atom. The number of hydrogen-bond acceptors (Lipinski definition) is 5. The third-order valence-electron chi connectivity index (χ3n) is 8.48. The van der Waals surface area contributed by atoms with Gasteiger partial charge in [0.05, 0.1) is 34.3 Å². The van der Waals surface area contributed by atoms with Crippen molar-refractivity contribution in [1.29, 1.82) is 0 Å². The van der Waals surface area contributed by atoms with Crippen molar-refractivity contribution in [2.24, 2.45) is 0 Å². The second kappa shape index (κ2) is 12.7. The van der Waals surface area contributed by atoms with Crippen molar-refractivity contribution < 1.29 is 9.59 Å². The van der Waals surface area contributed by atoms with Crippen LogP contribution in [0.2, 0.25) is 5.02 Å². The van der Waals surface area contributed by atoms with Crippen molar-refractivity contribution >= 4 is 39.2 Å². The molecule has 1 aliphatic rings. The van der Waals surface area contributed by atoms with Gasteiger partial charge >= 0.3 is 5.69 Å². The summed E-state index contributed by atoms with van der Waals surface area (Å²) >= 11 is 9.68. The van der Waals surface area contributed by atoms with E-state index in [9.17, 15) is 14.4 Å². The van der Waals surface area contributed by atoms with E-state index >= 15 is 0 Å². The van der Waals surface area contributed by atoms with E-state index in [0.29, 0.717) is 33.0 Å². The van der Waals surface area contributed by atoms with E-state index < -0.39 is 0 Å². The first-order chi connectivity index (χ1) is 22.8. The highest BCUT2D eigenvalue weighted by molar-refractivity contribution is 9.10. The first kappa shape index (κ1) is 30.6. The van der Waals surface area contributed by atoms with Crippen LogP contribution in [0.3, 0.4) is 0 Å². The van der Waals surface area contributed by atoms with E-state index in [4.69, 9.17) is 11.6 Å². The fourth-order valence-electron chi connectivity index (χ4n) is 6.16. The minimum Gasteiger partial charge on any atom is -0.331 e. The predicted octanol–water partition coefficient (Wildman–Crippen LogP) is 6.46. The maximum atomic E-state index is 14.5. The number of hydrogen-bond donors (Lipinski definition) is 0. The van der Waals surface area contributed by atoms with Gasteiger partial charge < -0.3 is 4.90 Å². The summed E-state index contributed by atoms with van der Waals surface area (Å²) in [5.74, 6) is -0.625. The second-order valence-electron chi connectivity index (χ2n) is 11.4. The summed E-state index contributed by atoms with van der Waals surface area (Å²) in [6, 6.07) is 23.9. The molecule has 0 N–H and O–H groups in total. The van der Waals surface area contributed by atoms with Gasteiger partial charge in [-0.3, -0.25) is 18.7 Å². The molecule has 0 radical (unpaired) electrons. The quantitative estimate of drug-likeness (QED) is 0.169. The normalized spacial score (nSPS) is 13.4. The van der Waals surface area contributed by atoms with Crippen LogP contribution in [-0.2, 0) is 13.1 Å². The third-order valence-corrected chi connectivity index (χ3v) is 9.72. The number of Topliss-reactive ketones (excluding diaryl/α,β-unsaturated/α-hetero) is 1. The van der Waals surface area contributed by atoms with Crippen LogP contribution in [0.15, 0.2) is 113 Å². The standard InChI is InChI=1S/C35H29BrClN7O3/c1-23(27-6-2-3-7-30(27)43-17-5-15-39-43)20-32(45)33-31-22-40(34(46)24-8-13-28(36)29(37)21-24)18-19-41(31)35(47)44(33)26-11-9-25(10-12-26)42-16-4-14-38-42/h2-17,21,23H,18-20,22H2,1H3/t23-/m1/s1. The van der Waals surface area contributed by atoms with Crippen molar-refractivity contribution in [3.05, 3.63) is 146 Å². The van der Waals surface area contributed by atoms with Gasteiger partial charge in [0.2, 0.25) is 0 Å². The molecule has 6 aromatic rings. The second-order valence-corrected chi connectivity index (χ2v) is 12.7. The molecule has 0 fully saturated rings. The molecule has 7 rings (SSSR count). The number of carbonyl (C=O) groups is 2. The highest BCUT2D eigenvalue weighted by atomic mass is 79.9. The Kier molecular flexibility index (Phi) is 8.25. The molecule has 3 aromatic carbocycles. The Labute approximate surface area is 283 Å². The first-order valence-electron chi connectivity index (χ1n) is 15.1. The van der Waals surface area contributed by atoms with E-state index in [1.54, 1.807) is 49.4 Å². The lowest BCUT2D eigenvalue weighted by molar-refractivity contribution is 0.0706. The van der Waals surface area contributed by atoms with E-state index in [0.717, 1.165) is 16.9 Å². The zero-order valence-corrected chi connectivity index (χ0v) is 27.7. The molecule has 1 atom stereocenters. The summed E-state index contributed by atoms with van der Waals surface area (Å²) in [6.07, 6.45) is 7.24. The Hall–Kier alpha value is -5.00. The predicted molar refractivity (Wildman–Crippen MR) is 182 cm³/mol. The van der Waals surface area contributed by atoms with E-state index in [2.05, 4.69) is 26.1 Å². The smallest absolute Gasteiger partial charge is 0.331 e. The molecule has 12 heteroatoms. The number of fused-ring (bicyclic) bond motifs is 1. The Bertz CT molecular complexity index is 2150. The van der Waals surface area contributed by atoms with Crippen LogP contribution in [0.4, 0.5) is 0 Å². The van der Waals surface area contributed by atoms with Gasteiger partial charge in [-0.15, -0.1) is 0 Å².